The maximum absolute atomic E-state index is 5.73. The average Bonchev–Trinajstić information content (AvgIpc) is 2.73. The van der Waals surface area contributed by atoms with E-state index in [4.69, 9.17) is 5.73 Å². The summed E-state index contributed by atoms with van der Waals surface area (Å²) in [6, 6.07) is 9.76. The first-order valence-corrected chi connectivity index (χ1v) is 5.42. The molecule has 1 aromatic carbocycles. The van der Waals surface area contributed by atoms with Gasteiger partial charge in [0.15, 0.2) is 0 Å². The van der Waals surface area contributed by atoms with Gasteiger partial charge in [0, 0.05) is 18.1 Å². The van der Waals surface area contributed by atoms with E-state index in [2.05, 4.69) is 20.6 Å². The predicted octanol–water partition coefficient (Wildman–Crippen LogP) is 2.06. The number of nitrogens with zero attached hydrogens (tertiary/aromatic N) is 3. The molecule has 3 aromatic rings. The molecule has 2 aromatic heterocycles. The molecule has 84 valence electrons. The minimum Gasteiger partial charge on any atom is -0.399 e. The summed E-state index contributed by atoms with van der Waals surface area (Å²) in [7, 11) is 0. The number of imidazole rings is 1. The van der Waals surface area contributed by atoms with Gasteiger partial charge in [-0.2, -0.15) is 0 Å². The van der Waals surface area contributed by atoms with E-state index < -0.39 is 0 Å². The monoisotopic (exact) mass is 224 g/mol. The predicted molar refractivity (Wildman–Crippen MR) is 67.5 cm³/mol. The second-order valence-corrected chi connectivity index (χ2v) is 3.98. The highest BCUT2D eigenvalue weighted by molar-refractivity contribution is 5.79. The molecule has 3 rings (SSSR count). The molecule has 0 spiro atoms. The van der Waals surface area contributed by atoms with Crippen LogP contribution in [0.1, 0.15) is 5.56 Å². The van der Waals surface area contributed by atoms with E-state index in [0.717, 1.165) is 28.8 Å². The van der Waals surface area contributed by atoms with Crippen molar-refractivity contribution in [2.75, 3.05) is 5.73 Å². The smallest absolute Gasteiger partial charge is 0.0961 e. The topological polar surface area (TPSA) is 56.7 Å². The highest BCUT2D eigenvalue weighted by Gasteiger charge is 2.03. The Labute approximate surface area is 98.7 Å². The van der Waals surface area contributed by atoms with Crippen LogP contribution >= 0.6 is 0 Å². The summed E-state index contributed by atoms with van der Waals surface area (Å²) < 4.78 is 2.09. The summed E-state index contributed by atoms with van der Waals surface area (Å²) in [5, 5.41) is 0. The van der Waals surface area contributed by atoms with Crippen LogP contribution in [-0.2, 0) is 6.54 Å². The van der Waals surface area contributed by atoms with Crippen molar-refractivity contribution >= 4 is 16.7 Å². The molecule has 4 heteroatoms. The molecule has 0 bridgehead atoms. The number of benzene rings is 1. The van der Waals surface area contributed by atoms with Gasteiger partial charge in [0.1, 0.15) is 0 Å². The Morgan fingerprint density at radius 2 is 2.18 bits per heavy atom. The lowest BCUT2D eigenvalue weighted by Crippen LogP contribution is -1.98. The number of hydrogen-bond donors (Lipinski definition) is 1. The Balaban J connectivity index is 2.01. The Bertz CT molecular complexity index is 643. The van der Waals surface area contributed by atoms with Gasteiger partial charge >= 0.3 is 0 Å². The third kappa shape index (κ3) is 1.85. The van der Waals surface area contributed by atoms with Crippen molar-refractivity contribution < 1.29 is 0 Å². The fourth-order valence-corrected chi connectivity index (χ4v) is 1.90. The number of fused-ring (bicyclic) bond motifs is 1. The Morgan fingerprint density at radius 3 is 3.00 bits per heavy atom. The average molecular weight is 224 g/mol. The van der Waals surface area contributed by atoms with Gasteiger partial charge < -0.3 is 10.3 Å². The number of rotatable bonds is 2. The van der Waals surface area contributed by atoms with E-state index in [0.29, 0.717) is 0 Å². The van der Waals surface area contributed by atoms with Crippen LogP contribution in [0, 0.1) is 0 Å². The van der Waals surface area contributed by atoms with Gasteiger partial charge in [-0.25, -0.2) is 4.98 Å². The molecule has 0 fully saturated rings. The molecular weight excluding hydrogens is 212 g/mol. The van der Waals surface area contributed by atoms with Gasteiger partial charge in [-0.3, -0.25) is 4.98 Å². The number of aromatic nitrogens is 3. The van der Waals surface area contributed by atoms with Gasteiger partial charge in [0.05, 0.1) is 23.9 Å². The molecule has 0 unspecified atom stereocenters. The Kier molecular flexibility index (Phi) is 2.26. The van der Waals surface area contributed by atoms with Gasteiger partial charge in [-0.05, 0) is 29.8 Å². The van der Waals surface area contributed by atoms with Crippen molar-refractivity contribution in [2.24, 2.45) is 0 Å². The van der Waals surface area contributed by atoms with E-state index >= 15 is 0 Å². The van der Waals surface area contributed by atoms with E-state index in [-0.39, 0.29) is 0 Å². The second kappa shape index (κ2) is 3.90. The van der Waals surface area contributed by atoms with Gasteiger partial charge in [-0.15, -0.1) is 0 Å². The number of anilines is 1. The molecule has 0 saturated heterocycles. The van der Waals surface area contributed by atoms with Gasteiger partial charge in [-0.1, -0.05) is 6.07 Å². The van der Waals surface area contributed by atoms with Crippen LogP contribution in [0.25, 0.3) is 11.0 Å². The normalized spacial score (nSPS) is 10.8. The molecule has 17 heavy (non-hydrogen) atoms. The largest absolute Gasteiger partial charge is 0.399 e. The number of nitrogens with two attached hydrogens (primary N) is 1. The molecule has 0 aliphatic rings. The van der Waals surface area contributed by atoms with Crippen LogP contribution in [0.3, 0.4) is 0 Å². The minimum absolute atomic E-state index is 0.740. The summed E-state index contributed by atoms with van der Waals surface area (Å²) in [5.74, 6) is 0. The number of nitrogen functional groups attached to an aromatic ring is 1. The van der Waals surface area contributed by atoms with Crippen LogP contribution < -0.4 is 5.73 Å². The summed E-state index contributed by atoms with van der Waals surface area (Å²) in [6.45, 7) is 0.772. The van der Waals surface area contributed by atoms with Crippen molar-refractivity contribution in [1.29, 1.82) is 0 Å². The molecule has 0 aliphatic carbocycles. The highest BCUT2D eigenvalue weighted by Crippen LogP contribution is 2.17. The highest BCUT2D eigenvalue weighted by atomic mass is 15.0. The molecule has 0 radical (unpaired) electrons. The first-order valence-electron chi connectivity index (χ1n) is 5.42. The first-order chi connectivity index (χ1) is 8.33. The lowest BCUT2D eigenvalue weighted by Gasteiger charge is -2.03. The summed E-state index contributed by atoms with van der Waals surface area (Å²) in [4.78, 5) is 8.44. The quantitative estimate of drug-likeness (QED) is 0.678. The zero-order valence-electron chi connectivity index (χ0n) is 9.24. The lowest BCUT2D eigenvalue weighted by molar-refractivity contribution is 0.820. The van der Waals surface area contributed by atoms with Crippen LogP contribution in [0.2, 0.25) is 0 Å². The molecule has 0 atom stereocenters. The van der Waals surface area contributed by atoms with Crippen LogP contribution in [0.4, 0.5) is 5.69 Å². The summed E-state index contributed by atoms with van der Waals surface area (Å²) >= 11 is 0. The second-order valence-electron chi connectivity index (χ2n) is 3.98. The maximum Gasteiger partial charge on any atom is 0.0961 e. The molecule has 4 nitrogen and oxygen atoms in total. The van der Waals surface area contributed by atoms with Crippen molar-refractivity contribution in [1.82, 2.24) is 14.5 Å². The number of pyridine rings is 1. The third-order valence-electron chi connectivity index (χ3n) is 2.72. The summed E-state index contributed by atoms with van der Waals surface area (Å²) in [5.41, 5.74) is 9.63. The zero-order chi connectivity index (χ0) is 11.7. The van der Waals surface area contributed by atoms with Crippen LogP contribution in [0.5, 0.6) is 0 Å². The zero-order valence-corrected chi connectivity index (χ0v) is 9.24. The van der Waals surface area contributed by atoms with E-state index in [9.17, 15) is 0 Å². The number of hydrogen-bond acceptors (Lipinski definition) is 3. The lowest BCUT2D eigenvalue weighted by atomic mass is 10.2. The molecule has 2 N–H and O–H groups in total. The van der Waals surface area contributed by atoms with Crippen molar-refractivity contribution in [3.63, 3.8) is 0 Å². The fourth-order valence-electron chi connectivity index (χ4n) is 1.90. The Hall–Kier alpha value is -2.36. The van der Waals surface area contributed by atoms with Crippen molar-refractivity contribution in [2.45, 2.75) is 6.54 Å². The fraction of sp³-hybridized carbons (Fsp3) is 0.0769. The van der Waals surface area contributed by atoms with Gasteiger partial charge in [0.2, 0.25) is 0 Å². The Morgan fingerprint density at radius 1 is 1.24 bits per heavy atom. The molecule has 2 heterocycles. The van der Waals surface area contributed by atoms with E-state index in [1.807, 2.05) is 36.8 Å². The standard InChI is InChI=1S/C13H12N4/c14-11-3-4-13-12(6-11)16-9-17(13)8-10-2-1-5-15-7-10/h1-7,9H,8,14H2. The van der Waals surface area contributed by atoms with Crippen molar-refractivity contribution in [3.8, 4) is 0 Å². The molecule has 0 saturated carbocycles. The van der Waals surface area contributed by atoms with E-state index in [1.165, 1.54) is 0 Å². The van der Waals surface area contributed by atoms with Gasteiger partial charge in [0.25, 0.3) is 0 Å². The molecule has 0 amide bonds. The molecule has 0 aliphatic heterocycles. The SMILES string of the molecule is Nc1ccc2c(c1)ncn2Cc1cccnc1. The van der Waals surface area contributed by atoms with Crippen molar-refractivity contribution in [3.05, 3.63) is 54.6 Å². The van der Waals surface area contributed by atoms with Crippen LogP contribution in [-0.4, -0.2) is 14.5 Å². The van der Waals surface area contributed by atoms with E-state index in [1.54, 1.807) is 6.20 Å². The minimum atomic E-state index is 0.740. The van der Waals surface area contributed by atoms with Crippen LogP contribution in [0.15, 0.2) is 49.1 Å². The first kappa shape index (κ1) is 9.84. The summed E-state index contributed by atoms with van der Waals surface area (Å²) in [6.07, 6.45) is 5.47. The third-order valence-corrected chi connectivity index (χ3v) is 2.72. The molecular formula is C13H12N4. The maximum atomic E-state index is 5.73.